The first kappa shape index (κ1) is 20.1. The lowest BCUT2D eigenvalue weighted by Crippen LogP contribution is -2.53. The summed E-state index contributed by atoms with van der Waals surface area (Å²) in [7, 11) is -3.84. The molecule has 4 atom stereocenters. The molecule has 2 aliphatic carbocycles. The number of carbonyl (C=O) groups is 1. The van der Waals surface area contributed by atoms with E-state index in [1.54, 1.807) is 17.6 Å². The van der Waals surface area contributed by atoms with Crippen LogP contribution in [0.25, 0.3) is 4.91 Å². The third-order valence-electron chi connectivity index (χ3n) is 6.22. The van der Waals surface area contributed by atoms with Gasteiger partial charge < -0.3 is 0 Å². The minimum atomic E-state index is -3.84. The fourth-order valence-corrected chi connectivity index (χ4v) is 8.13. The summed E-state index contributed by atoms with van der Waals surface area (Å²) in [4.78, 5) is 13.5. The Labute approximate surface area is 183 Å². The number of halogens is 1. The summed E-state index contributed by atoms with van der Waals surface area (Å²) in [5, 5.41) is 9.94. The maximum atomic E-state index is 13.2. The van der Waals surface area contributed by atoms with Gasteiger partial charge in [0.25, 0.3) is 5.91 Å². The van der Waals surface area contributed by atoms with E-state index in [9.17, 15) is 18.4 Å². The fourth-order valence-electron chi connectivity index (χ4n) is 4.78. The first-order valence-electron chi connectivity index (χ1n) is 9.54. The Morgan fingerprint density at radius 1 is 1.17 bits per heavy atom. The molecule has 156 valence electrons. The minimum Gasteiger partial charge on any atom is -0.289 e. The van der Waals surface area contributed by atoms with Crippen LogP contribution in [0.3, 0.4) is 0 Å². The average Bonchev–Trinajstić information content (AvgIpc) is 3.12. The number of thioether (sulfide) groups is 1. The molecule has 1 saturated carbocycles. The van der Waals surface area contributed by atoms with Crippen LogP contribution in [0.4, 0.5) is 0 Å². The number of allylic oxidation sites excluding steroid dienone is 1. The second-order valence-electron chi connectivity index (χ2n) is 7.80. The highest BCUT2D eigenvalue weighted by Gasteiger charge is 2.74. The Hall–Kier alpha value is -1.84. The molecule has 0 aromatic heterocycles. The normalized spacial score (nSPS) is 29.1. The summed E-state index contributed by atoms with van der Waals surface area (Å²) >= 11 is 7.19. The Morgan fingerprint density at radius 2 is 1.90 bits per heavy atom. The van der Waals surface area contributed by atoms with Crippen molar-refractivity contribution in [2.24, 2.45) is 5.92 Å². The first-order valence-corrected chi connectivity index (χ1v) is 12.3. The summed E-state index contributed by atoms with van der Waals surface area (Å²) in [5.74, 6) is -1.18. The summed E-state index contributed by atoms with van der Waals surface area (Å²) in [5.41, 5.74) is 3.33. The van der Waals surface area contributed by atoms with E-state index in [1.165, 1.54) is 11.8 Å². The van der Waals surface area contributed by atoms with E-state index in [1.807, 2.05) is 42.5 Å². The predicted molar refractivity (Wildman–Crippen MR) is 117 cm³/mol. The molecule has 9 heteroatoms. The summed E-state index contributed by atoms with van der Waals surface area (Å²) in [6.07, 6.45) is 2.82. The SMILES string of the molecule is O=C(NO)C1(NS(=O)(=O)C2CC=C(c3ccc(Cl)cc3)S2)C2Cc3ccccc3C21. The largest absolute Gasteiger partial charge is 0.289 e. The molecule has 0 spiro atoms. The predicted octanol–water partition coefficient (Wildman–Crippen LogP) is 3.28. The lowest BCUT2D eigenvalue weighted by molar-refractivity contribution is -0.132. The zero-order chi connectivity index (χ0) is 21.1. The van der Waals surface area contributed by atoms with Gasteiger partial charge >= 0.3 is 0 Å². The van der Waals surface area contributed by atoms with Crippen LogP contribution in [0, 0.1) is 5.92 Å². The van der Waals surface area contributed by atoms with Crippen molar-refractivity contribution in [2.45, 2.75) is 28.9 Å². The second-order valence-corrected chi connectivity index (χ2v) is 11.6. The number of fused-ring (bicyclic) bond motifs is 3. The molecule has 2 aromatic rings. The zero-order valence-electron chi connectivity index (χ0n) is 15.7. The monoisotopic (exact) mass is 462 g/mol. The standard InChI is InChI=1S/C21H19ClN2O4S2/c22-14-7-5-12(6-8-14)17-9-10-18(29-17)30(27,28)24-21(20(25)23-26)16-11-13-3-1-2-4-15(13)19(16)21/h1-9,16,18-19,24,26H,10-11H2,(H,23,25). The summed E-state index contributed by atoms with van der Waals surface area (Å²) < 4.78 is 28.4. The Balaban J connectivity index is 1.38. The second kappa shape index (κ2) is 7.10. The molecule has 1 fully saturated rings. The number of amides is 1. The van der Waals surface area contributed by atoms with Crippen molar-refractivity contribution in [2.75, 3.05) is 0 Å². The summed E-state index contributed by atoms with van der Waals surface area (Å²) in [6.45, 7) is 0. The van der Waals surface area contributed by atoms with Crippen molar-refractivity contribution in [3.05, 3.63) is 76.3 Å². The summed E-state index contributed by atoms with van der Waals surface area (Å²) in [6, 6.07) is 15.0. The highest BCUT2D eigenvalue weighted by Crippen LogP contribution is 2.64. The molecule has 30 heavy (non-hydrogen) atoms. The van der Waals surface area contributed by atoms with E-state index in [4.69, 9.17) is 11.6 Å². The van der Waals surface area contributed by atoms with Gasteiger partial charge in [-0.2, -0.15) is 4.72 Å². The molecule has 1 heterocycles. The number of rotatable bonds is 5. The molecule has 0 radical (unpaired) electrons. The van der Waals surface area contributed by atoms with Crippen LogP contribution in [0.2, 0.25) is 5.02 Å². The third-order valence-corrected chi connectivity index (χ3v) is 10.1. The third kappa shape index (κ3) is 3.01. The van der Waals surface area contributed by atoms with Crippen molar-refractivity contribution >= 4 is 44.2 Å². The van der Waals surface area contributed by atoms with Crippen molar-refractivity contribution in [1.29, 1.82) is 0 Å². The zero-order valence-corrected chi connectivity index (χ0v) is 18.1. The van der Waals surface area contributed by atoms with E-state index >= 15 is 0 Å². The highest BCUT2D eigenvalue weighted by molar-refractivity contribution is 8.18. The van der Waals surface area contributed by atoms with Gasteiger partial charge in [-0.3, -0.25) is 10.0 Å². The minimum absolute atomic E-state index is 0.202. The molecule has 4 unspecified atom stereocenters. The van der Waals surface area contributed by atoms with Gasteiger partial charge in [-0.25, -0.2) is 13.9 Å². The van der Waals surface area contributed by atoms with E-state index in [0.717, 1.165) is 21.6 Å². The lowest BCUT2D eigenvalue weighted by Gasteiger charge is -2.23. The van der Waals surface area contributed by atoms with E-state index in [0.29, 0.717) is 17.9 Å². The van der Waals surface area contributed by atoms with Gasteiger partial charge in [0.05, 0.1) is 0 Å². The molecule has 5 rings (SSSR count). The molecule has 0 bridgehead atoms. The molecule has 2 aromatic carbocycles. The van der Waals surface area contributed by atoms with Crippen LogP contribution in [0.15, 0.2) is 54.6 Å². The topological polar surface area (TPSA) is 95.5 Å². The molecule has 1 amide bonds. The van der Waals surface area contributed by atoms with Crippen molar-refractivity contribution in [3.63, 3.8) is 0 Å². The lowest BCUT2D eigenvalue weighted by atomic mass is 9.98. The van der Waals surface area contributed by atoms with Gasteiger partial charge in [-0.05, 0) is 41.7 Å². The Kier molecular flexibility index (Phi) is 4.75. The van der Waals surface area contributed by atoms with Gasteiger partial charge in [-0.1, -0.05) is 54.1 Å². The Bertz CT molecular complexity index is 1170. The van der Waals surface area contributed by atoms with Gasteiger partial charge in [-0.15, -0.1) is 11.8 Å². The van der Waals surface area contributed by atoms with Crippen LogP contribution in [0.1, 0.15) is 29.0 Å². The van der Waals surface area contributed by atoms with Gasteiger partial charge in [0, 0.05) is 21.8 Å². The number of hydrogen-bond acceptors (Lipinski definition) is 5. The van der Waals surface area contributed by atoms with Gasteiger partial charge in [0.1, 0.15) is 10.1 Å². The maximum absolute atomic E-state index is 13.2. The van der Waals surface area contributed by atoms with Crippen LogP contribution < -0.4 is 10.2 Å². The number of hydroxylamine groups is 1. The molecule has 6 nitrogen and oxygen atoms in total. The van der Waals surface area contributed by atoms with Crippen molar-refractivity contribution in [1.82, 2.24) is 10.2 Å². The number of nitrogens with one attached hydrogen (secondary N) is 2. The number of carbonyl (C=O) groups excluding carboxylic acids is 1. The molecular weight excluding hydrogens is 444 g/mol. The maximum Gasteiger partial charge on any atom is 0.265 e. The number of benzene rings is 2. The Morgan fingerprint density at radius 3 is 2.63 bits per heavy atom. The van der Waals surface area contributed by atoms with Crippen molar-refractivity contribution in [3.8, 4) is 0 Å². The molecule has 3 N–H and O–H groups in total. The van der Waals surface area contributed by atoms with Crippen LogP contribution in [-0.2, 0) is 21.2 Å². The molecule has 0 saturated heterocycles. The smallest absolute Gasteiger partial charge is 0.265 e. The van der Waals surface area contributed by atoms with Gasteiger partial charge in [0.2, 0.25) is 10.0 Å². The van der Waals surface area contributed by atoms with E-state index in [-0.39, 0.29) is 11.8 Å². The quantitative estimate of drug-likeness (QED) is 0.468. The van der Waals surface area contributed by atoms with Crippen LogP contribution >= 0.6 is 23.4 Å². The highest BCUT2D eigenvalue weighted by atomic mass is 35.5. The molecular formula is C21H19ClN2O4S2. The van der Waals surface area contributed by atoms with E-state index < -0.39 is 26.1 Å². The number of hydrogen-bond donors (Lipinski definition) is 3. The van der Waals surface area contributed by atoms with Crippen LogP contribution in [0.5, 0.6) is 0 Å². The molecule has 1 aliphatic heterocycles. The molecule has 3 aliphatic rings. The average molecular weight is 463 g/mol. The van der Waals surface area contributed by atoms with E-state index in [2.05, 4.69) is 4.72 Å². The first-order chi connectivity index (χ1) is 14.4. The fraction of sp³-hybridized carbons (Fsp3) is 0.286. The van der Waals surface area contributed by atoms with Crippen LogP contribution in [-0.4, -0.2) is 29.7 Å². The van der Waals surface area contributed by atoms with Crippen molar-refractivity contribution < 1.29 is 18.4 Å². The van der Waals surface area contributed by atoms with Gasteiger partial charge in [0.15, 0.2) is 0 Å². The number of sulfonamides is 1.